The van der Waals surface area contributed by atoms with Crippen molar-refractivity contribution in [1.82, 2.24) is 0 Å². The third kappa shape index (κ3) is 2.82. The summed E-state index contributed by atoms with van der Waals surface area (Å²) in [4.78, 5) is 11.6. The molecule has 1 heterocycles. The molecule has 1 saturated heterocycles. The maximum absolute atomic E-state index is 11.7. The van der Waals surface area contributed by atoms with Gasteiger partial charge in [0.1, 0.15) is 6.10 Å². The van der Waals surface area contributed by atoms with Crippen LogP contribution >= 0.6 is 10.7 Å². The summed E-state index contributed by atoms with van der Waals surface area (Å²) in [5.41, 5.74) is 0.639. The molecule has 0 amide bonds. The van der Waals surface area contributed by atoms with E-state index in [4.69, 9.17) is 20.2 Å². The van der Waals surface area contributed by atoms with Gasteiger partial charge < -0.3 is 9.47 Å². The molecule has 7 heteroatoms. The number of esters is 1. The zero-order valence-electron chi connectivity index (χ0n) is 9.55. The molecule has 2 rings (SSSR count). The fourth-order valence-electron chi connectivity index (χ4n) is 1.49. The van der Waals surface area contributed by atoms with Gasteiger partial charge in [0.05, 0.1) is 23.7 Å². The Hall–Kier alpha value is -1.11. The monoisotopic (exact) mass is 290 g/mol. The minimum absolute atomic E-state index is 0.0801. The minimum atomic E-state index is -3.87. The molecule has 0 N–H and O–H groups in total. The zero-order valence-corrected chi connectivity index (χ0v) is 11.1. The van der Waals surface area contributed by atoms with E-state index in [0.29, 0.717) is 18.8 Å². The first kappa shape index (κ1) is 13.3. The molecule has 1 fully saturated rings. The molecule has 1 aliphatic heterocycles. The Kier molecular flexibility index (Phi) is 3.61. The molecule has 98 valence electrons. The van der Waals surface area contributed by atoms with E-state index in [2.05, 4.69) is 0 Å². The van der Waals surface area contributed by atoms with Gasteiger partial charge in [-0.3, -0.25) is 0 Å². The molecule has 1 aromatic carbocycles. The second-order valence-corrected chi connectivity index (χ2v) is 6.52. The van der Waals surface area contributed by atoms with Crippen molar-refractivity contribution in [3.05, 3.63) is 29.3 Å². The van der Waals surface area contributed by atoms with Crippen LogP contribution in [-0.2, 0) is 18.5 Å². The van der Waals surface area contributed by atoms with E-state index in [1.54, 1.807) is 6.92 Å². The smallest absolute Gasteiger partial charge is 0.338 e. The van der Waals surface area contributed by atoms with Crippen LogP contribution in [0.2, 0.25) is 0 Å². The maximum Gasteiger partial charge on any atom is 0.338 e. The topological polar surface area (TPSA) is 69.7 Å². The predicted molar refractivity (Wildman–Crippen MR) is 64.2 cm³/mol. The summed E-state index contributed by atoms with van der Waals surface area (Å²) in [6.45, 7) is 2.35. The van der Waals surface area contributed by atoms with Crippen molar-refractivity contribution in [2.45, 2.75) is 17.9 Å². The van der Waals surface area contributed by atoms with Crippen molar-refractivity contribution in [2.24, 2.45) is 0 Å². The van der Waals surface area contributed by atoms with Crippen molar-refractivity contribution < 1.29 is 22.7 Å². The van der Waals surface area contributed by atoms with E-state index in [1.807, 2.05) is 0 Å². The van der Waals surface area contributed by atoms with Crippen LogP contribution in [0.15, 0.2) is 23.1 Å². The average Bonchev–Trinajstić information content (AvgIpc) is 2.22. The van der Waals surface area contributed by atoms with Crippen molar-refractivity contribution >= 4 is 25.7 Å². The van der Waals surface area contributed by atoms with Crippen LogP contribution in [0.25, 0.3) is 0 Å². The van der Waals surface area contributed by atoms with Gasteiger partial charge in [0, 0.05) is 10.7 Å². The molecule has 0 aliphatic carbocycles. The largest absolute Gasteiger partial charge is 0.454 e. The molecule has 0 bridgehead atoms. The summed E-state index contributed by atoms with van der Waals surface area (Å²) in [6.07, 6.45) is -0.255. The molecule has 1 aromatic rings. The van der Waals surface area contributed by atoms with Gasteiger partial charge in [0.2, 0.25) is 0 Å². The number of benzene rings is 1. The highest BCUT2D eigenvalue weighted by atomic mass is 35.7. The van der Waals surface area contributed by atoms with E-state index in [9.17, 15) is 13.2 Å². The van der Waals surface area contributed by atoms with Gasteiger partial charge in [0.15, 0.2) is 0 Å². The van der Waals surface area contributed by atoms with E-state index in [-0.39, 0.29) is 16.6 Å². The Bertz CT molecular complexity index is 577. The normalized spacial score (nSPS) is 16.1. The standard InChI is InChI=1S/C11H11ClO5S/c1-7-2-3-8(4-10(7)18(12,14)15)11(13)17-9-5-16-6-9/h2-4,9H,5-6H2,1H3. The Morgan fingerprint density at radius 2 is 2.11 bits per heavy atom. The average molecular weight is 291 g/mol. The Labute approximate surface area is 109 Å². The number of rotatable bonds is 3. The lowest BCUT2D eigenvalue weighted by Crippen LogP contribution is -2.37. The number of carbonyl (C=O) groups excluding carboxylic acids is 1. The van der Waals surface area contributed by atoms with Crippen LogP contribution < -0.4 is 0 Å². The fourth-order valence-corrected chi connectivity index (χ4v) is 2.71. The molecule has 0 spiro atoms. The molecule has 0 saturated carbocycles. The van der Waals surface area contributed by atoms with Gasteiger partial charge in [0.25, 0.3) is 9.05 Å². The Morgan fingerprint density at radius 1 is 1.44 bits per heavy atom. The van der Waals surface area contributed by atoms with Crippen molar-refractivity contribution in [3.63, 3.8) is 0 Å². The summed E-state index contributed by atoms with van der Waals surface area (Å²) < 4.78 is 32.6. The second kappa shape index (κ2) is 4.87. The molecule has 0 radical (unpaired) electrons. The van der Waals surface area contributed by atoms with E-state index in [0.717, 1.165) is 0 Å². The number of halogens is 1. The van der Waals surface area contributed by atoms with Crippen molar-refractivity contribution in [2.75, 3.05) is 13.2 Å². The summed E-state index contributed by atoms with van der Waals surface area (Å²) >= 11 is 0. The van der Waals surface area contributed by atoms with Gasteiger partial charge in [-0.2, -0.15) is 0 Å². The van der Waals surface area contributed by atoms with E-state index < -0.39 is 15.0 Å². The highest BCUT2D eigenvalue weighted by Gasteiger charge is 2.24. The molecule has 0 unspecified atom stereocenters. The summed E-state index contributed by atoms with van der Waals surface area (Å²) in [7, 11) is 1.41. The molecule has 1 aliphatic rings. The quantitative estimate of drug-likeness (QED) is 0.623. The van der Waals surface area contributed by atoms with Crippen LogP contribution in [0, 0.1) is 6.92 Å². The molecule has 5 nitrogen and oxygen atoms in total. The van der Waals surface area contributed by atoms with Gasteiger partial charge in [-0.05, 0) is 24.6 Å². The minimum Gasteiger partial charge on any atom is -0.454 e. The zero-order chi connectivity index (χ0) is 13.3. The van der Waals surface area contributed by atoms with Gasteiger partial charge in [-0.15, -0.1) is 0 Å². The number of aryl methyl sites for hydroxylation is 1. The first-order chi connectivity index (χ1) is 8.38. The van der Waals surface area contributed by atoms with Gasteiger partial charge in [-0.1, -0.05) is 6.07 Å². The first-order valence-electron chi connectivity index (χ1n) is 5.22. The van der Waals surface area contributed by atoms with Crippen LogP contribution in [0.5, 0.6) is 0 Å². The van der Waals surface area contributed by atoms with E-state index in [1.165, 1.54) is 18.2 Å². The predicted octanol–water partition coefficient (Wildman–Crippen LogP) is 1.48. The van der Waals surface area contributed by atoms with Crippen LogP contribution in [-0.4, -0.2) is 33.7 Å². The maximum atomic E-state index is 11.7. The number of hydrogen-bond donors (Lipinski definition) is 0. The third-order valence-corrected chi connectivity index (χ3v) is 4.03. The van der Waals surface area contributed by atoms with Gasteiger partial charge in [-0.25, -0.2) is 13.2 Å². The molecular formula is C11H11ClO5S. The van der Waals surface area contributed by atoms with Crippen LogP contribution in [0.3, 0.4) is 0 Å². The molecule has 0 aromatic heterocycles. The highest BCUT2D eigenvalue weighted by Crippen LogP contribution is 2.22. The van der Waals surface area contributed by atoms with E-state index >= 15 is 0 Å². The fraction of sp³-hybridized carbons (Fsp3) is 0.364. The second-order valence-electron chi connectivity index (χ2n) is 3.98. The van der Waals surface area contributed by atoms with Crippen LogP contribution in [0.1, 0.15) is 15.9 Å². The number of carbonyl (C=O) groups is 1. The van der Waals surface area contributed by atoms with Crippen molar-refractivity contribution in [3.8, 4) is 0 Å². The SMILES string of the molecule is Cc1ccc(C(=O)OC2COC2)cc1S(=O)(=O)Cl. The third-order valence-electron chi connectivity index (χ3n) is 2.57. The van der Waals surface area contributed by atoms with Crippen LogP contribution in [0.4, 0.5) is 0 Å². The summed E-state index contributed by atoms with van der Waals surface area (Å²) in [6, 6.07) is 4.24. The Morgan fingerprint density at radius 3 is 2.61 bits per heavy atom. The Balaban J connectivity index is 2.26. The molecular weight excluding hydrogens is 280 g/mol. The number of hydrogen-bond acceptors (Lipinski definition) is 5. The van der Waals surface area contributed by atoms with Gasteiger partial charge >= 0.3 is 5.97 Å². The summed E-state index contributed by atoms with van der Waals surface area (Å²) in [5, 5.41) is 0. The molecule has 0 atom stereocenters. The van der Waals surface area contributed by atoms with Crippen molar-refractivity contribution in [1.29, 1.82) is 0 Å². The molecule has 18 heavy (non-hydrogen) atoms. The lowest BCUT2D eigenvalue weighted by molar-refractivity contribution is -0.103. The number of ether oxygens (including phenoxy) is 2. The first-order valence-corrected chi connectivity index (χ1v) is 7.53. The lowest BCUT2D eigenvalue weighted by atomic mass is 10.1. The summed E-state index contributed by atoms with van der Waals surface area (Å²) in [5.74, 6) is -0.579. The highest BCUT2D eigenvalue weighted by molar-refractivity contribution is 8.13. The lowest BCUT2D eigenvalue weighted by Gasteiger charge is -2.25.